The second-order valence-electron chi connectivity index (χ2n) is 6.40. The molecule has 0 bridgehead atoms. The number of hydrogen-bond donors (Lipinski definition) is 3. The smallest absolute Gasteiger partial charge is 0.343 e. The summed E-state index contributed by atoms with van der Waals surface area (Å²) in [6.07, 6.45) is 1.11. The molecule has 0 saturated heterocycles. The minimum absolute atomic E-state index is 0.0921. The predicted octanol–water partition coefficient (Wildman–Crippen LogP) is 1.01. The van der Waals surface area contributed by atoms with Crippen molar-refractivity contribution in [3.63, 3.8) is 0 Å². The van der Waals surface area contributed by atoms with Crippen LogP contribution < -0.4 is 5.63 Å². The summed E-state index contributed by atoms with van der Waals surface area (Å²) in [6.45, 7) is 4.38. The second-order valence-corrected chi connectivity index (χ2v) is 6.40. The number of allylic oxidation sites excluding steroid dienone is 2. The van der Waals surface area contributed by atoms with E-state index in [9.17, 15) is 24.9 Å². The fourth-order valence-corrected chi connectivity index (χ4v) is 3.00. The van der Waals surface area contributed by atoms with Crippen LogP contribution in [0.2, 0.25) is 0 Å². The fourth-order valence-electron chi connectivity index (χ4n) is 3.00. The van der Waals surface area contributed by atoms with Crippen LogP contribution >= 0.6 is 0 Å². The molecule has 132 valence electrons. The monoisotopic (exact) mass is 346 g/mol. The van der Waals surface area contributed by atoms with Crippen molar-refractivity contribution in [3.05, 3.63) is 62.6 Å². The number of aliphatic hydroxyl groups is 2. The average molecular weight is 346 g/mol. The van der Waals surface area contributed by atoms with E-state index in [1.54, 1.807) is 13.0 Å². The Morgan fingerprint density at radius 1 is 1.28 bits per heavy atom. The van der Waals surface area contributed by atoms with E-state index in [0.29, 0.717) is 11.3 Å². The van der Waals surface area contributed by atoms with Gasteiger partial charge in [0.05, 0.1) is 11.8 Å². The third-order valence-electron chi connectivity index (χ3n) is 4.42. The molecule has 25 heavy (non-hydrogen) atoms. The predicted molar refractivity (Wildman–Crippen MR) is 86.7 cm³/mol. The first-order chi connectivity index (χ1) is 11.6. The number of aryl methyl sites for hydroxylation is 1. The Hall–Kier alpha value is -2.64. The number of carbonyl (C=O) groups excluding carboxylic acids is 1. The van der Waals surface area contributed by atoms with Gasteiger partial charge in [0.2, 0.25) is 0 Å². The van der Waals surface area contributed by atoms with Gasteiger partial charge in [-0.25, -0.2) is 4.79 Å². The standard InChI is InChI=1S/C18H18O7/c1-8-4-10-11(6-12-14(19)5-9(2)25-17(12)22)15(20)18(3,23)16(21)13(10)7-24-8/h4-5,7,16,19,21,23H,6H2,1-3H3/t16-,18-/m0/s1. The summed E-state index contributed by atoms with van der Waals surface area (Å²) in [7, 11) is 0. The molecule has 0 spiro atoms. The number of carbonyl (C=O) groups is 1. The molecule has 3 N–H and O–H groups in total. The minimum Gasteiger partial charge on any atom is -0.507 e. The van der Waals surface area contributed by atoms with Gasteiger partial charge in [0, 0.05) is 23.6 Å². The van der Waals surface area contributed by atoms with Crippen molar-refractivity contribution >= 4 is 5.78 Å². The van der Waals surface area contributed by atoms with Crippen LogP contribution in [-0.4, -0.2) is 32.8 Å². The van der Waals surface area contributed by atoms with Crippen LogP contribution in [0, 0.1) is 6.92 Å². The third-order valence-corrected chi connectivity index (χ3v) is 4.42. The number of Topliss-reactive ketones (excluding diaryl/α,β-unsaturated/α-hetero) is 1. The zero-order valence-electron chi connectivity index (χ0n) is 14.0. The lowest BCUT2D eigenvalue weighted by atomic mass is 9.73. The lowest BCUT2D eigenvalue weighted by molar-refractivity contribution is -0.141. The summed E-state index contributed by atoms with van der Waals surface area (Å²) in [4.78, 5) is 24.8. The molecule has 0 fully saturated rings. The molecular weight excluding hydrogens is 328 g/mol. The van der Waals surface area contributed by atoms with Crippen LogP contribution in [0.15, 0.2) is 50.1 Å². The van der Waals surface area contributed by atoms with Crippen LogP contribution in [0.4, 0.5) is 0 Å². The maximum Gasteiger partial charge on any atom is 0.343 e. The maximum atomic E-state index is 12.7. The Kier molecular flexibility index (Phi) is 3.93. The van der Waals surface area contributed by atoms with Crippen molar-refractivity contribution in [3.8, 4) is 5.75 Å². The first-order valence-electron chi connectivity index (χ1n) is 7.69. The average Bonchev–Trinajstić information content (AvgIpc) is 2.52. The van der Waals surface area contributed by atoms with Crippen molar-refractivity contribution in [1.29, 1.82) is 0 Å². The van der Waals surface area contributed by atoms with Gasteiger partial charge in [-0.05, 0) is 32.4 Å². The van der Waals surface area contributed by atoms with Gasteiger partial charge >= 0.3 is 5.63 Å². The highest BCUT2D eigenvalue weighted by Gasteiger charge is 2.48. The number of hydrogen-bond acceptors (Lipinski definition) is 7. The minimum atomic E-state index is -2.08. The number of aromatic hydroxyl groups is 1. The highest BCUT2D eigenvalue weighted by molar-refractivity contribution is 6.06. The van der Waals surface area contributed by atoms with Crippen LogP contribution in [0.1, 0.15) is 25.2 Å². The Bertz CT molecular complexity index is 912. The molecule has 0 amide bonds. The van der Waals surface area contributed by atoms with E-state index >= 15 is 0 Å². The number of aliphatic hydroxyl groups excluding tert-OH is 1. The summed E-state index contributed by atoms with van der Waals surface area (Å²) in [5, 5.41) is 30.8. The van der Waals surface area contributed by atoms with Gasteiger partial charge in [0.25, 0.3) is 0 Å². The van der Waals surface area contributed by atoms with Crippen LogP contribution in [0.5, 0.6) is 5.75 Å². The molecular formula is C18H18O7. The molecule has 2 aliphatic rings. The molecule has 7 heteroatoms. The first-order valence-corrected chi connectivity index (χ1v) is 7.69. The number of fused-ring (bicyclic) bond motifs is 1. The molecule has 2 heterocycles. The number of ether oxygens (including phenoxy) is 1. The SMILES string of the molecule is CC1=CC2=C(Cc3c(O)cc(C)oc3=O)C(=O)[C@](C)(O)[C@@H](O)C2=CO1. The quantitative estimate of drug-likeness (QED) is 0.731. The lowest BCUT2D eigenvalue weighted by Crippen LogP contribution is -2.52. The van der Waals surface area contributed by atoms with Gasteiger partial charge in [-0.1, -0.05) is 0 Å². The Morgan fingerprint density at radius 3 is 2.60 bits per heavy atom. The zero-order chi connectivity index (χ0) is 18.5. The summed E-state index contributed by atoms with van der Waals surface area (Å²) >= 11 is 0. The topological polar surface area (TPSA) is 117 Å². The normalized spacial score (nSPS) is 26.0. The van der Waals surface area contributed by atoms with Crippen molar-refractivity contribution < 1.29 is 29.3 Å². The molecule has 1 aliphatic carbocycles. The molecule has 0 unspecified atom stereocenters. The van der Waals surface area contributed by atoms with Gasteiger partial charge in [-0.2, -0.15) is 0 Å². The third kappa shape index (κ3) is 2.71. The van der Waals surface area contributed by atoms with E-state index in [1.165, 1.54) is 26.2 Å². The van der Waals surface area contributed by atoms with Crippen molar-refractivity contribution in [2.24, 2.45) is 0 Å². The van der Waals surface area contributed by atoms with Crippen LogP contribution in [-0.2, 0) is 16.0 Å². The highest BCUT2D eigenvalue weighted by Crippen LogP contribution is 2.39. The van der Waals surface area contributed by atoms with E-state index < -0.39 is 23.1 Å². The number of ketones is 1. The Morgan fingerprint density at radius 2 is 1.96 bits per heavy atom. The van der Waals surface area contributed by atoms with Gasteiger partial charge < -0.3 is 24.5 Å². The molecule has 0 aromatic carbocycles. The molecule has 3 rings (SSSR count). The summed E-state index contributed by atoms with van der Waals surface area (Å²) in [6, 6.07) is 1.28. The molecule has 2 atom stereocenters. The molecule has 1 aliphatic heterocycles. The molecule has 1 aromatic heterocycles. The largest absolute Gasteiger partial charge is 0.507 e. The Labute approximate surface area is 143 Å². The molecule has 0 saturated carbocycles. The number of rotatable bonds is 2. The van der Waals surface area contributed by atoms with Gasteiger partial charge in [0.1, 0.15) is 23.4 Å². The van der Waals surface area contributed by atoms with E-state index in [4.69, 9.17) is 9.15 Å². The van der Waals surface area contributed by atoms with E-state index in [1.807, 2.05) is 0 Å². The Balaban J connectivity index is 2.20. The molecule has 1 aromatic rings. The summed E-state index contributed by atoms with van der Waals surface area (Å²) in [5.74, 6) is -0.294. The van der Waals surface area contributed by atoms with E-state index in [2.05, 4.69) is 0 Å². The maximum absolute atomic E-state index is 12.7. The first kappa shape index (κ1) is 17.2. The highest BCUT2D eigenvalue weighted by atomic mass is 16.5. The lowest BCUT2D eigenvalue weighted by Gasteiger charge is -2.37. The summed E-state index contributed by atoms with van der Waals surface area (Å²) < 4.78 is 10.2. The summed E-state index contributed by atoms with van der Waals surface area (Å²) in [5.41, 5.74) is -2.23. The molecule has 0 radical (unpaired) electrons. The van der Waals surface area contributed by atoms with Crippen LogP contribution in [0.3, 0.4) is 0 Å². The van der Waals surface area contributed by atoms with Gasteiger partial charge in [-0.3, -0.25) is 4.79 Å². The van der Waals surface area contributed by atoms with Crippen molar-refractivity contribution in [1.82, 2.24) is 0 Å². The van der Waals surface area contributed by atoms with Gasteiger partial charge in [0.15, 0.2) is 11.4 Å². The van der Waals surface area contributed by atoms with E-state index in [0.717, 1.165) is 0 Å². The van der Waals surface area contributed by atoms with Crippen molar-refractivity contribution in [2.45, 2.75) is 38.9 Å². The van der Waals surface area contributed by atoms with E-state index in [-0.39, 0.29) is 34.6 Å². The van der Waals surface area contributed by atoms with Gasteiger partial charge in [-0.15, -0.1) is 0 Å². The zero-order valence-corrected chi connectivity index (χ0v) is 14.0. The van der Waals surface area contributed by atoms with Crippen molar-refractivity contribution in [2.75, 3.05) is 0 Å². The second kappa shape index (κ2) is 5.72. The molecule has 7 nitrogen and oxygen atoms in total. The fraction of sp³-hybridized carbons (Fsp3) is 0.333. The van der Waals surface area contributed by atoms with Crippen LogP contribution in [0.25, 0.3) is 0 Å².